The Morgan fingerprint density at radius 1 is 1.03 bits per heavy atom. The molecule has 32 heavy (non-hydrogen) atoms. The zero-order valence-corrected chi connectivity index (χ0v) is 20.5. The van der Waals surface area contributed by atoms with Gasteiger partial charge in [0.25, 0.3) is 0 Å². The van der Waals surface area contributed by atoms with E-state index in [0.717, 1.165) is 59.8 Å². The fraction of sp³-hybridized carbons (Fsp3) is 0.862. The molecule has 3 heteroatoms. The van der Waals surface area contributed by atoms with E-state index in [1.165, 1.54) is 64.2 Å². The summed E-state index contributed by atoms with van der Waals surface area (Å²) < 4.78 is 2.05. The lowest BCUT2D eigenvalue weighted by molar-refractivity contribution is -0.0852. The minimum Gasteiger partial charge on any atom is -0.271 e. The number of nitrogens with zero attached hydrogens (tertiary/aromatic N) is 3. The first kappa shape index (κ1) is 21.2. The fourth-order valence-corrected chi connectivity index (χ4v) is 10.1. The second kappa shape index (κ2) is 7.89. The molecule has 5 aliphatic rings. The SMILES string of the molecule is C[C@H]1CC[C@@H]2C3CC[C@@]4(C)C(C(C5CC5)CC4[C@@H](C)Cn4cc(C#N)cn4)[C@@H]3CC[C@@H]2C1. The molecular formula is C29H43N3. The zero-order valence-electron chi connectivity index (χ0n) is 20.5. The lowest BCUT2D eigenvalue weighted by Gasteiger charge is -2.57. The van der Waals surface area contributed by atoms with E-state index in [-0.39, 0.29) is 0 Å². The largest absolute Gasteiger partial charge is 0.271 e. The van der Waals surface area contributed by atoms with E-state index in [2.05, 4.69) is 31.9 Å². The van der Waals surface area contributed by atoms with Gasteiger partial charge in [0.2, 0.25) is 0 Å². The molecular weight excluding hydrogens is 390 g/mol. The molecule has 0 aliphatic heterocycles. The van der Waals surface area contributed by atoms with E-state index in [1.54, 1.807) is 6.20 Å². The predicted molar refractivity (Wildman–Crippen MR) is 127 cm³/mol. The second-order valence-corrected chi connectivity index (χ2v) is 13.2. The van der Waals surface area contributed by atoms with Crippen LogP contribution in [-0.2, 0) is 6.54 Å². The van der Waals surface area contributed by atoms with Crippen LogP contribution >= 0.6 is 0 Å². The molecule has 5 fully saturated rings. The van der Waals surface area contributed by atoms with Crippen molar-refractivity contribution in [2.24, 2.45) is 64.6 Å². The highest BCUT2D eigenvalue weighted by Gasteiger charge is 2.62. The van der Waals surface area contributed by atoms with E-state index in [0.29, 0.717) is 16.9 Å². The Kier molecular flexibility index (Phi) is 5.24. The summed E-state index contributed by atoms with van der Waals surface area (Å²) in [6.07, 6.45) is 18.7. The molecule has 1 aromatic rings. The molecule has 0 spiro atoms. The van der Waals surface area contributed by atoms with Gasteiger partial charge in [-0.05, 0) is 122 Å². The van der Waals surface area contributed by atoms with Crippen LogP contribution in [0, 0.1) is 75.9 Å². The number of hydrogen-bond acceptors (Lipinski definition) is 2. The third-order valence-electron chi connectivity index (χ3n) is 11.5. The topological polar surface area (TPSA) is 41.6 Å². The predicted octanol–water partition coefficient (Wildman–Crippen LogP) is 6.93. The van der Waals surface area contributed by atoms with Gasteiger partial charge in [0.1, 0.15) is 6.07 Å². The van der Waals surface area contributed by atoms with E-state index in [4.69, 9.17) is 0 Å². The lowest BCUT2D eigenvalue weighted by atomic mass is 9.48. The number of aromatic nitrogens is 2. The van der Waals surface area contributed by atoms with Gasteiger partial charge in [-0.25, -0.2) is 0 Å². The highest BCUT2D eigenvalue weighted by Crippen LogP contribution is 2.70. The van der Waals surface area contributed by atoms with E-state index in [9.17, 15) is 5.26 Å². The van der Waals surface area contributed by atoms with Crippen LogP contribution in [0.25, 0.3) is 0 Å². The monoisotopic (exact) mass is 433 g/mol. The van der Waals surface area contributed by atoms with Crippen molar-refractivity contribution in [3.63, 3.8) is 0 Å². The summed E-state index contributed by atoms with van der Waals surface area (Å²) in [5, 5.41) is 13.7. The maximum Gasteiger partial charge on any atom is 0.102 e. The van der Waals surface area contributed by atoms with Crippen LogP contribution < -0.4 is 0 Å². The summed E-state index contributed by atoms with van der Waals surface area (Å²) in [5.41, 5.74) is 1.22. The smallest absolute Gasteiger partial charge is 0.102 e. The fourth-order valence-electron chi connectivity index (χ4n) is 10.1. The van der Waals surface area contributed by atoms with Gasteiger partial charge in [-0.3, -0.25) is 4.68 Å². The molecule has 0 radical (unpaired) electrons. The maximum atomic E-state index is 9.20. The van der Waals surface area contributed by atoms with Crippen molar-refractivity contribution >= 4 is 0 Å². The minimum atomic E-state index is 0.522. The molecule has 1 heterocycles. The Labute approximate surface area is 195 Å². The van der Waals surface area contributed by atoms with Gasteiger partial charge in [-0.2, -0.15) is 10.4 Å². The van der Waals surface area contributed by atoms with Gasteiger partial charge in [0.15, 0.2) is 0 Å². The Morgan fingerprint density at radius 3 is 2.56 bits per heavy atom. The quantitative estimate of drug-likeness (QED) is 0.516. The van der Waals surface area contributed by atoms with Gasteiger partial charge in [0, 0.05) is 12.7 Å². The van der Waals surface area contributed by atoms with Crippen LogP contribution in [0.5, 0.6) is 0 Å². The Morgan fingerprint density at radius 2 is 1.81 bits per heavy atom. The summed E-state index contributed by atoms with van der Waals surface area (Å²) in [7, 11) is 0. The Bertz CT molecular complexity index is 877. The van der Waals surface area contributed by atoms with Crippen molar-refractivity contribution in [1.82, 2.24) is 9.78 Å². The van der Waals surface area contributed by atoms with Crippen LogP contribution in [-0.4, -0.2) is 9.78 Å². The molecule has 10 atom stereocenters. The van der Waals surface area contributed by atoms with E-state index < -0.39 is 0 Å². The first-order chi connectivity index (χ1) is 15.5. The first-order valence-electron chi connectivity index (χ1n) is 13.9. The van der Waals surface area contributed by atoms with Crippen molar-refractivity contribution < 1.29 is 0 Å². The van der Waals surface area contributed by atoms with Crippen LogP contribution in [0.3, 0.4) is 0 Å². The van der Waals surface area contributed by atoms with Gasteiger partial charge in [-0.15, -0.1) is 0 Å². The number of fused-ring (bicyclic) bond motifs is 5. The third kappa shape index (κ3) is 3.38. The molecule has 5 saturated carbocycles. The number of nitriles is 1. The molecule has 174 valence electrons. The zero-order chi connectivity index (χ0) is 22.0. The normalized spacial score (nSPS) is 46.6. The molecule has 1 aromatic heterocycles. The van der Waals surface area contributed by atoms with Crippen molar-refractivity contribution in [3.8, 4) is 6.07 Å². The van der Waals surface area contributed by atoms with Crippen molar-refractivity contribution in [2.75, 3.05) is 0 Å². The Hall–Kier alpha value is -1.30. The van der Waals surface area contributed by atoms with Gasteiger partial charge >= 0.3 is 0 Å². The van der Waals surface area contributed by atoms with Crippen LogP contribution in [0.4, 0.5) is 0 Å². The molecule has 4 unspecified atom stereocenters. The molecule has 0 aromatic carbocycles. The molecule has 0 bridgehead atoms. The van der Waals surface area contributed by atoms with Crippen LogP contribution in [0.1, 0.15) is 90.5 Å². The van der Waals surface area contributed by atoms with Gasteiger partial charge in [-0.1, -0.05) is 27.2 Å². The summed E-state index contributed by atoms with van der Waals surface area (Å²) in [6, 6.07) is 2.25. The van der Waals surface area contributed by atoms with E-state index >= 15 is 0 Å². The van der Waals surface area contributed by atoms with Gasteiger partial charge in [0.05, 0.1) is 11.8 Å². The Balaban J connectivity index is 1.25. The summed E-state index contributed by atoms with van der Waals surface area (Å²) in [6.45, 7) is 8.69. The highest BCUT2D eigenvalue weighted by molar-refractivity contribution is 5.21. The van der Waals surface area contributed by atoms with Crippen molar-refractivity contribution in [3.05, 3.63) is 18.0 Å². The van der Waals surface area contributed by atoms with E-state index in [1.807, 2.05) is 10.9 Å². The minimum absolute atomic E-state index is 0.522. The maximum absolute atomic E-state index is 9.20. The molecule has 5 aliphatic carbocycles. The molecule has 6 rings (SSSR count). The summed E-state index contributed by atoms with van der Waals surface area (Å²) in [4.78, 5) is 0. The standard InChI is InChI=1S/C29H43N3/c1-18-4-8-23-22(12-18)7-9-25-24(23)10-11-29(3)27(13-26(28(25)29)21-5-6-21)19(2)16-32-17-20(14-30)15-31-32/h15,17-19,21-28H,4-13,16H2,1-3H3/t18-,19-,22+,23-,24?,25+,26?,27?,28?,29+/m0/s1. The molecule has 3 nitrogen and oxygen atoms in total. The first-order valence-corrected chi connectivity index (χ1v) is 13.9. The summed E-state index contributed by atoms with van der Waals surface area (Å²) >= 11 is 0. The average Bonchev–Trinajstić information content (AvgIpc) is 3.44. The number of hydrogen-bond donors (Lipinski definition) is 0. The average molecular weight is 434 g/mol. The second-order valence-electron chi connectivity index (χ2n) is 13.2. The number of rotatable bonds is 4. The van der Waals surface area contributed by atoms with Crippen LogP contribution in [0.2, 0.25) is 0 Å². The van der Waals surface area contributed by atoms with Crippen molar-refractivity contribution in [1.29, 1.82) is 5.26 Å². The van der Waals surface area contributed by atoms with Gasteiger partial charge < -0.3 is 0 Å². The molecule has 0 amide bonds. The highest BCUT2D eigenvalue weighted by atomic mass is 15.3. The summed E-state index contributed by atoms with van der Waals surface area (Å²) in [5.74, 6) is 9.60. The molecule has 0 N–H and O–H groups in total. The van der Waals surface area contributed by atoms with Crippen LogP contribution in [0.15, 0.2) is 12.4 Å². The third-order valence-corrected chi connectivity index (χ3v) is 11.5. The molecule has 0 saturated heterocycles. The lowest BCUT2D eigenvalue weighted by Crippen LogP contribution is -2.50. The van der Waals surface area contributed by atoms with Crippen molar-refractivity contribution in [2.45, 2.75) is 91.5 Å².